The summed E-state index contributed by atoms with van der Waals surface area (Å²) < 4.78 is 10.0. The maximum absolute atomic E-state index is 12.4. The lowest BCUT2D eigenvalue weighted by atomic mass is 9.93. The van der Waals surface area contributed by atoms with Crippen molar-refractivity contribution in [2.24, 2.45) is 0 Å². The Hall–Kier alpha value is -4.67. The number of carboxylic acid groups (broad SMARTS) is 2. The smallest absolute Gasteiger partial charge is 0.338 e. The molecule has 3 aromatic heterocycles. The van der Waals surface area contributed by atoms with Gasteiger partial charge in [0, 0.05) is 37.4 Å². The average molecular weight is 465 g/mol. The third-order valence-electron chi connectivity index (χ3n) is 4.58. The van der Waals surface area contributed by atoms with Crippen LogP contribution in [0.15, 0.2) is 42.7 Å². The Morgan fingerprint density at radius 2 is 1.44 bits per heavy atom. The molecule has 0 amide bonds. The first-order chi connectivity index (χ1) is 16.2. The molecule has 174 valence electrons. The molecule has 3 heterocycles. The van der Waals surface area contributed by atoms with E-state index >= 15 is 0 Å². The second-order valence-corrected chi connectivity index (χ2v) is 6.93. The first kappa shape index (κ1) is 24.0. The van der Waals surface area contributed by atoms with Crippen LogP contribution in [-0.2, 0) is 32.3 Å². The second kappa shape index (κ2) is 10.3. The monoisotopic (exact) mass is 465 g/mol. The Labute approximate surface area is 193 Å². The zero-order chi connectivity index (χ0) is 24.8. The molecule has 0 radical (unpaired) electrons. The first-order valence-corrected chi connectivity index (χ1v) is 9.86. The number of carbonyl (C=O) groups excluding carboxylic acids is 2. The number of aromatic nitrogens is 3. The third kappa shape index (κ3) is 5.21. The zero-order valence-electron chi connectivity index (χ0n) is 18.1. The van der Waals surface area contributed by atoms with Gasteiger partial charge in [-0.25, -0.2) is 14.6 Å². The van der Waals surface area contributed by atoms with E-state index in [0.717, 1.165) is 6.92 Å². The Bertz CT molecular complexity index is 1270. The quantitative estimate of drug-likeness (QED) is 0.470. The number of ether oxygens (including phenoxy) is 2. The minimum Gasteiger partial charge on any atom is -0.478 e. The van der Waals surface area contributed by atoms with Crippen molar-refractivity contribution in [2.75, 3.05) is 0 Å². The number of carbonyl (C=O) groups is 4. The molecule has 0 aliphatic heterocycles. The summed E-state index contributed by atoms with van der Waals surface area (Å²) in [6.07, 6.45) is 2.84. The summed E-state index contributed by atoms with van der Waals surface area (Å²) in [5, 5.41) is 19.9. The van der Waals surface area contributed by atoms with Gasteiger partial charge >= 0.3 is 23.9 Å². The maximum atomic E-state index is 12.4. The van der Waals surface area contributed by atoms with E-state index in [1.807, 2.05) is 0 Å². The molecular formula is C23H19N3O8. The molecule has 0 aliphatic rings. The van der Waals surface area contributed by atoms with Crippen molar-refractivity contribution in [1.29, 1.82) is 0 Å². The third-order valence-corrected chi connectivity index (χ3v) is 4.58. The van der Waals surface area contributed by atoms with Gasteiger partial charge in [0.25, 0.3) is 0 Å². The lowest BCUT2D eigenvalue weighted by molar-refractivity contribution is -0.143. The van der Waals surface area contributed by atoms with Crippen molar-refractivity contribution >= 4 is 23.9 Å². The van der Waals surface area contributed by atoms with Crippen molar-refractivity contribution < 1.29 is 38.9 Å². The van der Waals surface area contributed by atoms with Crippen molar-refractivity contribution in [2.45, 2.75) is 27.1 Å². The number of nitrogens with zero attached hydrogens (tertiary/aromatic N) is 3. The van der Waals surface area contributed by atoms with E-state index in [2.05, 4.69) is 15.0 Å². The number of hydrogen-bond donors (Lipinski definition) is 2. The highest BCUT2D eigenvalue weighted by molar-refractivity contribution is 6.09. The number of hydrogen-bond acceptors (Lipinski definition) is 9. The Balaban J connectivity index is 2.43. The van der Waals surface area contributed by atoms with Crippen LogP contribution in [0.25, 0.3) is 22.6 Å². The van der Waals surface area contributed by atoms with Crippen LogP contribution in [0, 0.1) is 0 Å². The topological polar surface area (TPSA) is 166 Å². The van der Waals surface area contributed by atoms with Crippen LogP contribution in [-0.4, -0.2) is 49.0 Å². The summed E-state index contributed by atoms with van der Waals surface area (Å²) in [5.41, 5.74) is -0.982. The maximum Gasteiger partial charge on any atom is 0.338 e. The van der Waals surface area contributed by atoms with Gasteiger partial charge in [-0.15, -0.1) is 0 Å². The SMILES string of the molecule is CC(=O)OCc1cccnc1-c1nc(COC(C)=O)c(C(=O)O)c(C(=O)O)c1-c1ccccn1. The van der Waals surface area contributed by atoms with Gasteiger partial charge < -0.3 is 19.7 Å². The van der Waals surface area contributed by atoms with Crippen molar-refractivity contribution in [3.05, 3.63) is 65.1 Å². The van der Waals surface area contributed by atoms with Gasteiger partial charge in [-0.05, 0) is 18.2 Å². The van der Waals surface area contributed by atoms with Crippen molar-refractivity contribution in [1.82, 2.24) is 15.0 Å². The lowest BCUT2D eigenvalue weighted by Crippen LogP contribution is -2.18. The molecule has 11 nitrogen and oxygen atoms in total. The van der Waals surface area contributed by atoms with Crippen LogP contribution in [0.3, 0.4) is 0 Å². The van der Waals surface area contributed by atoms with E-state index in [9.17, 15) is 29.4 Å². The van der Waals surface area contributed by atoms with E-state index in [1.165, 1.54) is 25.4 Å². The molecule has 3 rings (SSSR count). The van der Waals surface area contributed by atoms with Gasteiger partial charge in [-0.3, -0.25) is 19.6 Å². The lowest BCUT2D eigenvalue weighted by Gasteiger charge is -2.18. The van der Waals surface area contributed by atoms with Gasteiger partial charge in [0.2, 0.25) is 0 Å². The minimum atomic E-state index is -1.57. The van der Waals surface area contributed by atoms with Crippen molar-refractivity contribution in [3.8, 4) is 22.6 Å². The minimum absolute atomic E-state index is 0.0222. The summed E-state index contributed by atoms with van der Waals surface area (Å²) in [6, 6.07) is 7.90. The van der Waals surface area contributed by atoms with E-state index in [-0.39, 0.29) is 34.9 Å². The highest BCUT2D eigenvalue weighted by atomic mass is 16.5. The molecule has 0 aromatic carbocycles. The Kier molecular flexibility index (Phi) is 7.26. The number of rotatable bonds is 8. The predicted molar refractivity (Wildman–Crippen MR) is 116 cm³/mol. The molecule has 11 heteroatoms. The molecule has 0 spiro atoms. The summed E-state index contributed by atoms with van der Waals surface area (Å²) in [6.45, 7) is 1.58. The van der Waals surface area contributed by atoms with E-state index in [0.29, 0.717) is 5.56 Å². The standard InChI is InChI=1S/C23H19N3O8/c1-12(27)33-10-14-6-5-9-25-20(14)21-17(15-7-3-4-8-24-15)19(23(31)32)18(22(29)30)16(26-21)11-34-13(2)28/h3-9H,10-11H2,1-2H3,(H,29,30)(H,31,32). The average Bonchev–Trinajstić information content (AvgIpc) is 2.80. The molecule has 34 heavy (non-hydrogen) atoms. The Morgan fingerprint density at radius 1 is 0.794 bits per heavy atom. The molecule has 2 N–H and O–H groups in total. The number of esters is 2. The molecule has 0 fully saturated rings. The van der Waals surface area contributed by atoms with Crippen LogP contribution in [0.5, 0.6) is 0 Å². The number of carboxylic acids is 2. The van der Waals surface area contributed by atoms with E-state index < -0.39 is 41.6 Å². The summed E-state index contributed by atoms with van der Waals surface area (Å²) in [4.78, 5) is 60.1. The van der Waals surface area contributed by atoms with Crippen LogP contribution in [0.1, 0.15) is 45.8 Å². The highest BCUT2D eigenvalue weighted by Crippen LogP contribution is 2.36. The fourth-order valence-corrected chi connectivity index (χ4v) is 3.23. The molecule has 0 atom stereocenters. The molecular weight excluding hydrogens is 446 g/mol. The van der Waals surface area contributed by atoms with Crippen LogP contribution in [0.4, 0.5) is 0 Å². The number of pyridine rings is 3. The van der Waals surface area contributed by atoms with Crippen LogP contribution < -0.4 is 0 Å². The van der Waals surface area contributed by atoms with Crippen molar-refractivity contribution in [3.63, 3.8) is 0 Å². The van der Waals surface area contributed by atoms with Crippen LogP contribution >= 0.6 is 0 Å². The zero-order valence-corrected chi connectivity index (χ0v) is 18.1. The molecule has 0 bridgehead atoms. The van der Waals surface area contributed by atoms with Gasteiger partial charge in [0.05, 0.1) is 33.9 Å². The fraction of sp³-hybridized carbons (Fsp3) is 0.174. The highest BCUT2D eigenvalue weighted by Gasteiger charge is 2.31. The molecule has 3 aromatic rings. The molecule has 0 saturated heterocycles. The van der Waals surface area contributed by atoms with Gasteiger partial charge in [0.1, 0.15) is 13.2 Å². The molecule has 0 saturated carbocycles. The summed E-state index contributed by atoms with van der Waals surface area (Å²) in [7, 11) is 0. The predicted octanol–water partition coefficient (Wildman–Crippen LogP) is 2.73. The van der Waals surface area contributed by atoms with E-state index in [4.69, 9.17) is 9.47 Å². The first-order valence-electron chi connectivity index (χ1n) is 9.86. The summed E-state index contributed by atoms with van der Waals surface area (Å²) >= 11 is 0. The van der Waals surface area contributed by atoms with Gasteiger partial charge in [0.15, 0.2) is 0 Å². The largest absolute Gasteiger partial charge is 0.478 e. The molecule has 0 unspecified atom stereocenters. The second-order valence-electron chi connectivity index (χ2n) is 6.93. The summed E-state index contributed by atoms with van der Waals surface area (Å²) in [5.74, 6) is -4.38. The van der Waals surface area contributed by atoms with E-state index in [1.54, 1.807) is 24.3 Å². The van der Waals surface area contributed by atoms with Gasteiger partial charge in [-0.1, -0.05) is 12.1 Å². The fourth-order valence-electron chi connectivity index (χ4n) is 3.23. The number of aromatic carboxylic acids is 2. The van der Waals surface area contributed by atoms with Gasteiger partial charge in [-0.2, -0.15) is 0 Å². The van der Waals surface area contributed by atoms with Crippen LogP contribution in [0.2, 0.25) is 0 Å². The molecule has 0 aliphatic carbocycles. The Morgan fingerprint density at radius 3 is 2.03 bits per heavy atom. The normalized spacial score (nSPS) is 10.4.